The van der Waals surface area contributed by atoms with E-state index >= 15 is 0 Å². The molecule has 1 fully saturated rings. The first-order valence-electron chi connectivity index (χ1n) is 5.87. The van der Waals surface area contributed by atoms with Crippen molar-refractivity contribution in [3.05, 3.63) is 12.0 Å². The van der Waals surface area contributed by atoms with E-state index in [1.54, 1.807) is 10.9 Å². The highest BCUT2D eigenvalue weighted by molar-refractivity contribution is 5.84. The van der Waals surface area contributed by atoms with Crippen LogP contribution >= 0.6 is 0 Å². The number of nitrogens with two attached hydrogens (primary N) is 1. The van der Waals surface area contributed by atoms with Gasteiger partial charge in [0.05, 0.1) is 24.3 Å². The van der Waals surface area contributed by atoms with E-state index < -0.39 is 0 Å². The third-order valence-corrected chi connectivity index (χ3v) is 3.00. The molecule has 1 aliphatic heterocycles. The zero-order chi connectivity index (χ0) is 12.5. The van der Waals surface area contributed by atoms with Crippen molar-refractivity contribution in [2.24, 2.45) is 7.05 Å². The Kier molecular flexibility index (Phi) is 2.85. The van der Waals surface area contributed by atoms with Gasteiger partial charge in [-0.3, -0.25) is 4.68 Å². The van der Waals surface area contributed by atoms with Crippen molar-refractivity contribution in [1.82, 2.24) is 19.7 Å². The molecule has 0 spiro atoms. The van der Waals surface area contributed by atoms with Gasteiger partial charge >= 0.3 is 0 Å². The predicted molar refractivity (Wildman–Crippen MR) is 64.7 cm³/mol. The van der Waals surface area contributed by atoms with E-state index in [4.69, 9.17) is 15.2 Å². The lowest BCUT2D eigenvalue weighted by Crippen LogP contribution is -2.14. The molecule has 2 N–H and O–H groups in total. The first kappa shape index (κ1) is 11.4. The summed E-state index contributed by atoms with van der Waals surface area (Å²) in [6.45, 7) is 1.75. The van der Waals surface area contributed by atoms with Crippen molar-refractivity contribution in [2.75, 3.05) is 18.9 Å². The van der Waals surface area contributed by atoms with E-state index in [2.05, 4.69) is 15.1 Å². The average Bonchev–Trinajstić information content (AvgIpc) is 2.98. The molecular weight excluding hydrogens is 234 g/mol. The maximum Gasteiger partial charge on any atom is 0.163 e. The number of aromatic nitrogens is 4. The lowest BCUT2D eigenvalue weighted by molar-refractivity contribution is 0.0285. The number of nitrogen functional groups attached to an aromatic ring is 1. The standard InChI is InChI=1S/C11H15N5O2/c1-16-11-8(4-13-16)10(12)14-9(15-11)6-18-7-2-3-17-5-7/h4,7H,2-3,5-6H2,1H3,(H2,12,14,15). The number of hydrogen-bond acceptors (Lipinski definition) is 6. The van der Waals surface area contributed by atoms with Crippen molar-refractivity contribution < 1.29 is 9.47 Å². The number of rotatable bonds is 3. The van der Waals surface area contributed by atoms with Gasteiger partial charge in [0.1, 0.15) is 12.4 Å². The van der Waals surface area contributed by atoms with Gasteiger partial charge < -0.3 is 15.2 Å². The molecule has 3 heterocycles. The van der Waals surface area contributed by atoms with Gasteiger partial charge in [-0.1, -0.05) is 0 Å². The molecule has 2 aromatic rings. The highest BCUT2D eigenvalue weighted by Gasteiger charge is 2.17. The SMILES string of the molecule is Cn1ncc2c(N)nc(COC3CCOC3)nc21. The van der Waals surface area contributed by atoms with Gasteiger partial charge in [-0.25, -0.2) is 9.97 Å². The minimum Gasteiger partial charge on any atom is -0.383 e. The van der Waals surface area contributed by atoms with Crippen molar-refractivity contribution in [1.29, 1.82) is 0 Å². The highest BCUT2D eigenvalue weighted by atomic mass is 16.5. The fourth-order valence-electron chi connectivity index (χ4n) is 1.99. The van der Waals surface area contributed by atoms with Gasteiger partial charge in [0.25, 0.3) is 0 Å². The van der Waals surface area contributed by atoms with Crippen LogP contribution in [0.1, 0.15) is 12.2 Å². The first-order valence-corrected chi connectivity index (χ1v) is 5.87. The fraction of sp³-hybridized carbons (Fsp3) is 0.545. The molecule has 1 unspecified atom stereocenters. The summed E-state index contributed by atoms with van der Waals surface area (Å²) in [4.78, 5) is 8.62. The summed E-state index contributed by atoms with van der Waals surface area (Å²) >= 11 is 0. The Bertz CT molecular complexity index is 562. The highest BCUT2D eigenvalue weighted by Crippen LogP contribution is 2.17. The van der Waals surface area contributed by atoms with E-state index in [1.165, 1.54) is 0 Å². The van der Waals surface area contributed by atoms with Crippen LogP contribution in [0.3, 0.4) is 0 Å². The number of nitrogens with zero attached hydrogens (tertiary/aromatic N) is 4. The van der Waals surface area contributed by atoms with Crippen LogP contribution in [0.2, 0.25) is 0 Å². The molecule has 7 heteroatoms. The number of ether oxygens (including phenoxy) is 2. The van der Waals surface area contributed by atoms with Gasteiger partial charge in [-0.05, 0) is 6.42 Å². The van der Waals surface area contributed by atoms with Crippen molar-refractivity contribution in [3.8, 4) is 0 Å². The van der Waals surface area contributed by atoms with Crippen molar-refractivity contribution in [2.45, 2.75) is 19.1 Å². The topological polar surface area (TPSA) is 88.1 Å². The van der Waals surface area contributed by atoms with Crippen LogP contribution in [0.25, 0.3) is 11.0 Å². The molecule has 96 valence electrons. The molecular formula is C11H15N5O2. The molecule has 0 saturated carbocycles. The second-order valence-electron chi connectivity index (χ2n) is 4.33. The molecule has 18 heavy (non-hydrogen) atoms. The van der Waals surface area contributed by atoms with Crippen LogP contribution < -0.4 is 5.73 Å². The monoisotopic (exact) mass is 249 g/mol. The van der Waals surface area contributed by atoms with Gasteiger partial charge in [0, 0.05) is 13.7 Å². The van der Waals surface area contributed by atoms with Crippen molar-refractivity contribution >= 4 is 16.9 Å². The Morgan fingerprint density at radius 3 is 3.22 bits per heavy atom. The van der Waals surface area contributed by atoms with Crippen LogP contribution in [0.15, 0.2) is 6.20 Å². The maximum atomic E-state index is 5.87. The summed E-state index contributed by atoms with van der Waals surface area (Å²) in [5.41, 5.74) is 6.60. The third-order valence-electron chi connectivity index (χ3n) is 3.00. The third kappa shape index (κ3) is 2.02. The molecule has 0 aromatic carbocycles. The van der Waals surface area contributed by atoms with Crippen molar-refractivity contribution in [3.63, 3.8) is 0 Å². The largest absolute Gasteiger partial charge is 0.383 e. The molecule has 0 bridgehead atoms. The van der Waals surface area contributed by atoms with E-state index in [0.717, 1.165) is 24.1 Å². The number of fused-ring (bicyclic) bond motifs is 1. The van der Waals surface area contributed by atoms with E-state index in [1.807, 2.05) is 7.05 Å². The Morgan fingerprint density at radius 1 is 1.56 bits per heavy atom. The van der Waals surface area contributed by atoms with Crippen LogP contribution in [0, 0.1) is 0 Å². The minimum absolute atomic E-state index is 0.136. The Hall–Kier alpha value is -1.73. The zero-order valence-corrected chi connectivity index (χ0v) is 10.2. The average molecular weight is 249 g/mol. The van der Waals surface area contributed by atoms with Gasteiger partial charge in [0.15, 0.2) is 11.5 Å². The van der Waals surface area contributed by atoms with E-state index in [0.29, 0.717) is 24.9 Å². The lowest BCUT2D eigenvalue weighted by atomic mass is 10.3. The maximum absolute atomic E-state index is 5.87. The fourth-order valence-corrected chi connectivity index (χ4v) is 1.99. The summed E-state index contributed by atoms with van der Waals surface area (Å²) < 4.78 is 12.6. The Balaban J connectivity index is 1.81. The molecule has 0 amide bonds. The summed E-state index contributed by atoms with van der Waals surface area (Å²) in [7, 11) is 1.82. The number of aryl methyl sites for hydroxylation is 1. The summed E-state index contributed by atoms with van der Waals surface area (Å²) in [6.07, 6.45) is 2.72. The normalized spacial score (nSPS) is 19.7. The first-order chi connectivity index (χ1) is 8.74. The quantitative estimate of drug-likeness (QED) is 0.839. The van der Waals surface area contributed by atoms with Gasteiger partial charge in [-0.15, -0.1) is 0 Å². The molecule has 3 rings (SSSR count). The number of hydrogen-bond donors (Lipinski definition) is 1. The molecule has 1 atom stereocenters. The molecule has 0 aliphatic carbocycles. The summed E-state index contributed by atoms with van der Waals surface area (Å²) in [5, 5.41) is 4.88. The predicted octanol–water partition coefficient (Wildman–Crippen LogP) is 0.251. The summed E-state index contributed by atoms with van der Waals surface area (Å²) in [5.74, 6) is 1.02. The van der Waals surface area contributed by atoms with Crippen LogP contribution in [0.4, 0.5) is 5.82 Å². The molecule has 0 radical (unpaired) electrons. The summed E-state index contributed by atoms with van der Waals surface area (Å²) in [6, 6.07) is 0. The molecule has 2 aromatic heterocycles. The zero-order valence-electron chi connectivity index (χ0n) is 10.2. The minimum atomic E-state index is 0.136. The van der Waals surface area contributed by atoms with E-state index in [9.17, 15) is 0 Å². The number of anilines is 1. The lowest BCUT2D eigenvalue weighted by Gasteiger charge is -2.09. The van der Waals surface area contributed by atoms with Gasteiger partial charge in [0.2, 0.25) is 0 Å². The van der Waals surface area contributed by atoms with E-state index in [-0.39, 0.29) is 6.10 Å². The Morgan fingerprint density at radius 2 is 2.44 bits per heavy atom. The molecule has 1 saturated heterocycles. The smallest absolute Gasteiger partial charge is 0.163 e. The molecule has 1 aliphatic rings. The Labute approximate surface area is 104 Å². The second kappa shape index (κ2) is 4.51. The molecule has 7 nitrogen and oxygen atoms in total. The van der Waals surface area contributed by atoms with Gasteiger partial charge in [-0.2, -0.15) is 5.10 Å². The van der Waals surface area contributed by atoms with Crippen LogP contribution in [-0.4, -0.2) is 39.1 Å². The van der Waals surface area contributed by atoms with Crippen LogP contribution in [-0.2, 0) is 23.1 Å². The second-order valence-corrected chi connectivity index (χ2v) is 4.33. The van der Waals surface area contributed by atoms with Crippen LogP contribution in [0.5, 0.6) is 0 Å².